The Labute approximate surface area is 232 Å². The second-order valence-corrected chi connectivity index (χ2v) is 11.7. The van der Waals surface area contributed by atoms with Crippen LogP contribution in [-0.4, -0.2) is 24.0 Å². The standard InChI is InChI=1S/C32H32N2O6/c1-7-38-27(35)24-26(33)40-22-15-18(3)39-28(36)23(22)32(24)21-14-17(2)13-20-25(21)34(29(32)37)30(4,5)16-31(20,6)19-11-9-8-10-12-19/h8-15H,7,16,33H2,1-6H3. The average molecular weight is 541 g/mol. The van der Waals surface area contributed by atoms with Gasteiger partial charge >= 0.3 is 11.6 Å². The van der Waals surface area contributed by atoms with Crippen LogP contribution in [-0.2, 0) is 25.2 Å². The Kier molecular flexibility index (Phi) is 5.40. The lowest BCUT2D eigenvalue weighted by atomic mass is 9.64. The fraction of sp³-hybridized carbons (Fsp3) is 0.344. The van der Waals surface area contributed by atoms with Crippen molar-refractivity contribution < 1.29 is 23.5 Å². The topological polar surface area (TPSA) is 112 Å². The first-order valence-corrected chi connectivity index (χ1v) is 13.4. The molecule has 2 aromatic carbocycles. The maximum Gasteiger partial charge on any atom is 0.344 e. The SMILES string of the molecule is CCOC(=O)C1=C(N)Oc2cc(C)oc(=O)c2C12C(=O)N1c3c(cc(C)cc32)C(C)(c2ccccc2)CC1(C)C. The van der Waals surface area contributed by atoms with E-state index < -0.39 is 33.9 Å². The molecule has 0 saturated heterocycles. The molecule has 3 aliphatic rings. The molecule has 8 heteroatoms. The fourth-order valence-electron chi connectivity index (χ4n) is 7.21. The highest BCUT2D eigenvalue weighted by Gasteiger charge is 2.67. The van der Waals surface area contributed by atoms with Gasteiger partial charge in [-0.3, -0.25) is 4.79 Å². The molecule has 0 bridgehead atoms. The van der Waals surface area contributed by atoms with E-state index in [4.69, 9.17) is 19.6 Å². The van der Waals surface area contributed by atoms with Crippen molar-refractivity contribution in [1.82, 2.24) is 0 Å². The third-order valence-corrected chi connectivity index (χ3v) is 8.54. The predicted molar refractivity (Wildman–Crippen MR) is 149 cm³/mol. The van der Waals surface area contributed by atoms with Gasteiger partial charge in [0, 0.05) is 22.6 Å². The summed E-state index contributed by atoms with van der Waals surface area (Å²) in [7, 11) is 0. The number of hydrogen-bond donors (Lipinski definition) is 1. The van der Waals surface area contributed by atoms with Crippen LogP contribution in [0.15, 0.2) is 69.2 Å². The van der Waals surface area contributed by atoms with Gasteiger partial charge in [-0.2, -0.15) is 0 Å². The molecule has 1 amide bonds. The van der Waals surface area contributed by atoms with Gasteiger partial charge < -0.3 is 24.5 Å². The number of ether oxygens (including phenoxy) is 2. The zero-order chi connectivity index (χ0) is 28.8. The number of amides is 1. The zero-order valence-corrected chi connectivity index (χ0v) is 23.5. The molecule has 8 nitrogen and oxygen atoms in total. The maximum absolute atomic E-state index is 15.1. The Morgan fingerprint density at radius 3 is 2.40 bits per heavy atom. The molecule has 3 aromatic rings. The van der Waals surface area contributed by atoms with Crippen LogP contribution in [0.1, 0.15) is 67.7 Å². The zero-order valence-electron chi connectivity index (χ0n) is 23.5. The molecule has 0 aliphatic carbocycles. The Morgan fingerprint density at radius 1 is 1.05 bits per heavy atom. The van der Waals surface area contributed by atoms with Crippen molar-refractivity contribution in [3.8, 4) is 5.75 Å². The lowest BCUT2D eigenvalue weighted by Gasteiger charge is -2.50. The number of nitrogens with two attached hydrogens (primary N) is 1. The third-order valence-electron chi connectivity index (χ3n) is 8.54. The molecule has 0 radical (unpaired) electrons. The summed E-state index contributed by atoms with van der Waals surface area (Å²) in [6.07, 6.45) is 0.599. The molecule has 206 valence electrons. The van der Waals surface area contributed by atoms with Crippen molar-refractivity contribution in [3.63, 3.8) is 0 Å². The van der Waals surface area contributed by atoms with Gasteiger partial charge in [-0.05, 0) is 52.2 Å². The molecule has 2 atom stereocenters. The summed E-state index contributed by atoms with van der Waals surface area (Å²) < 4.78 is 16.8. The van der Waals surface area contributed by atoms with E-state index in [1.807, 2.05) is 45.0 Å². The van der Waals surface area contributed by atoms with Crippen molar-refractivity contribution in [3.05, 3.63) is 104 Å². The normalized spacial score (nSPS) is 24.1. The van der Waals surface area contributed by atoms with E-state index in [1.165, 1.54) is 6.07 Å². The van der Waals surface area contributed by atoms with Crippen molar-refractivity contribution in [2.75, 3.05) is 11.5 Å². The van der Waals surface area contributed by atoms with E-state index in [1.54, 1.807) is 18.7 Å². The Hall–Kier alpha value is -4.33. The monoisotopic (exact) mass is 540 g/mol. The molecule has 1 spiro atoms. The molecular formula is C32H32N2O6. The molecule has 0 saturated carbocycles. The van der Waals surface area contributed by atoms with Crippen molar-refractivity contribution in [2.45, 2.75) is 64.3 Å². The molecule has 0 fully saturated rings. The molecule has 6 rings (SSSR count). The van der Waals surface area contributed by atoms with Crippen LogP contribution in [0.2, 0.25) is 0 Å². The minimum atomic E-state index is -1.91. The first-order chi connectivity index (χ1) is 18.9. The van der Waals surface area contributed by atoms with Gasteiger partial charge in [0.25, 0.3) is 0 Å². The summed E-state index contributed by atoms with van der Waals surface area (Å²) >= 11 is 0. The number of benzene rings is 2. The lowest BCUT2D eigenvalue weighted by molar-refractivity contribution is -0.141. The third kappa shape index (κ3) is 3.16. The number of carbonyl (C=O) groups excluding carboxylic acids is 2. The van der Waals surface area contributed by atoms with Gasteiger partial charge in [0.05, 0.1) is 12.3 Å². The maximum atomic E-state index is 15.1. The highest BCUT2D eigenvalue weighted by Crippen LogP contribution is 2.62. The van der Waals surface area contributed by atoms with Gasteiger partial charge in [-0.1, -0.05) is 55.0 Å². The second kappa shape index (κ2) is 8.34. The van der Waals surface area contributed by atoms with E-state index in [0.29, 0.717) is 23.4 Å². The van der Waals surface area contributed by atoms with Gasteiger partial charge in [-0.25, -0.2) is 9.59 Å². The van der Waals surface area contributed by atoms with Crippen LogP contribution in [0.25, 0.3) is 0 Å². The summed E-state index contributed by atoms with van der Waals surface area (Å²) in [5.74, 6) is -1.17. The quantitative estimate of drug-likeness (QED) is 0.487. The van der Waals surface area contributed by atoms with Gasteiger partial charge in [0.15, 0.2) is 0 Å². The second-order valence-electron chi connectivity index (χ2n) is 11.7. The molecule has 2 unspecified atom stereocenters. The van der Waals surface area contributed by atoms with E-state index in [-0.39, 0.29) is 29.4 Å². The van der Waals surface area contributed by atoms with Gasteiger partial charge in [-0.15, -0.1) is 0 Å². The molecule has 1 aromatic heterocycles. The number of anilines is 1. The summed E-state index contributed by atoms with van der Waals surface area (Å²) in [4.78, 5) is 44.2. The van der Waals surface area contributed by atoms with Crippen molar-refractivity contribution in [1.29, 1.82) is 0 Å². The van der Waals surface area contributed by atoms with Crippen molar-refractivity contribution >= 4 is 17.6 Å². The minimum Gasteiger partial charge on any atom is -0.462 e. The van der Waals surface area contributed by atoms with Crippen LogP contribution >= 0.6 is 0 Å². The predicted octanol–water partition coefficient (Wildman–Crippen LogP) is 4.50. The summed E-state index contributed by atoms with van der Waals surface area (Å²) in [5, 5.41) is 0. The first-order valence-electron chi connectivity index (χ1n) is 13.4. The average Bonchev–Trinajstić information content (AvgIpc) is 3.11. The number of fused-ring (bicyclic) bond motifs is 3. The van der Waals surface area contributed by atoms with E-state index in [0.717, 1.165) is 16.7 Å². The number of aryl methyl sites for hydroxylation is 2. The number of nitrogens with zero attached hydrogens (tertiary/aromatic N) is 1. The number of esters is 1. The lowest BCUT2D eigenvalue weighted by Crippen LogP contribution is -2.58. The number of rotatable bonds is 3. The minimum absolute atomic E-state index is 0.0441. The Bertz CT molecular complexity index is 1700. The largest absolute Gasteiger partial charge is 0.462 e. The summed E-state index contributed by atoms with van der Waals surface area (Å²) in [5.41, 5.74) is 6.38. The first kappa shape index (κ1) is 25.9. The van der Waals surface area contributed by atoms with Crippen LogP contribution in [0.3, 0.4) is 0 Å². The van der Waals surface area contributed by atoms with Gasteiger partial charge in [0.2, 0.25) is 11.8 Å². The summed E-state index contributed by atoms with van der Waals surface area (Å²) in [6, 6.07) is 15.7. The summed E-state index contributed by atoms with van der Waals surface area (Å²) in [6.45, 7) is 11.5. The van der Waals surface area contributed by atoms with E-state index in [2.05, 4.69) is 25.1 Å². The van der Waals surface area contributed by atoms with Crippen LogP contribution < -0.4 is 21.0 Å². The van der Waals surface area contributed by atoms with Crippen LogP contribution in [0.4, 0.5) is 5.69 Å². The highest BCUT2D eigenvalue weighted by molar-refractivity contribution is 6.20. The Balaban J connectivity index is 1.80. The van der Waals surface area contributed by atoms with Crippen LogP contribution in [0.5, 0.6) is 5.75 Å². The molecule has 40 heavy (non-hydrogen) atoms. The van der Waals surface area contributed by atoms with Crippen LogP contribution in [0, 0.1) is 13.8 Å². The van der Waals surface area contributed by atoms with Gasteiger partial charge in [0.1, 0.15) is 28.1 Å². The van der Waals surface area contributed by atoms with E-state index in [9.17, 15) is 9.59 Å². The number of hydrogen-bond acceptors (Lipinski definition) is 7. The molecule has 4 heterocycles. The fourth-order valence-corrected chi connectivity index (χ4v) is 7.21. The molecule has 2 N–H and O–H groups in total. The smallest absolute Gasteiger partial charge is 0.344 e. The van der Waals surface area contributed by atoms with E-state index >= 15 is 4.79 Å². The number of carbonyl (C=O) groups is 2. The Morgan fingerprint density at radius 2 is 1.73 bits per heavy atom. The molecule has 3 aliphatic heterocycles. The van der Waals surface area contributed by atoms with Crippen molar-refractivity contribution in [2.24, 2.45) is 5.73 Å². The highest BCUT2D eigenvalue weighted by atomic mass is 16.5. The molecular weight excluding hydrogens is 508 g/mol.